The number of methoxy groups -OCH3 is 1. The summed E-state index contributed by atoms with van der Waals surface area (Å²) in [6, 6.07) is 28.0. The van der Waals surface area contributed by atoms with Gasteiger partial charge in [0.25, 0.3) is 0 Å². The number of aliphatic hydroxyl groups excluding tert-OH is 2. The van der Waals surface area contributed by atoms with Crippen LogP contribution in [0.4, 0.5) is 5.82 Å². The molecule has 0 bridgehead atoms. The minimum absolute atomic E-state index is 0.387. The summed E-state index contributed by atoms with van der Waals surface area (Å²) in [5, 5.41) is 25.1. The highest BCUT2D eigenvalue weighted by atomic mass is 16.7. The number of ether oxygens (including phenoxy) is 4. The largest absolute Gasteiger partial charge is 0.497 e. The van der Waals surface area contributed by atoms with Crippen molar-refractivity contribution in [3.05, 3.63) is 114 Å². The molecule has 48 heavy (non-hydrogen) atoms. The number of hydrogen-bond donors (Lipinski definition) is 3. The van der Waals surface area contributed by atoms with E-state index in [1.54, 1.807) is 32.4 Å². The first-order chi connectivity index (χ1) is 23.2. The van der Waals surface area contributed by atoms with Crippen LogP contribution in [0.15, 0.2) is 97.6 Å². The van der Waals surface area contributed by atoms with Crippen LogP contribution in [0.2, 0.25) is 0 Å². The molecule has 4 atom stereocenters. The Kier molecular flexibility index (Phi) is 9.42. The summed E-state index contributed by atoms with van der Waals surface area (Å²) < 4.78 is 24.0. The highest BCUT2D eigenvalue weighted by Crippen LogP contribution is 2.42. The first-order valence-corrected chi connectivity index (χ1v) is 15.6. The number of esters is 1. The van der Waals surface area contributed by atoms with E-state index in [1.807, 2.05) is 60.7 Å². The molecule has 3 heterocycles. The zero-order chi connectivity index (χ0) is 33.9. The van der Waals surface area contributed by atoms with Gasteiger partial charge in [0.1, 0.15) is 35.9 Å². The van der Waals surface area contributed by atoms with Crippen molar-refractivity contribution in [1.29, 1.82) is 0 Å². The molecule has 12 heteroatoms. The third kappa shape index (κ3) is 6.22. The molecule has 3 N–H and O–H groups in total. The van der Waals surface area contributed by atoms with E-state index in [4.69, 9.17) is 18.9 Å². The predicted octanol–water partition coefficient (Wildman–Crippen LogP) is 4.42. The Bertz CT molecular complexity index is 1790. The van der Waals surface area contributed by atoms with Gasteiger partial charge >= 0.3 is 5.97 Å². The standard InChI is InChI=1S/C36H39N5O7/c1-35(2,3)34(44)47-22-46-30-27(19-42)48-33(29(30)43)41-21-39-28-31(37-20-38-32(28)41)40-36(23-11-7-5-8-12-23,24-13-9-6-10-14-24)25-15-17-26(45-4)18-16-25/h5-18,20-21,27,29-30,33,42-43H,19,22H2,1-4H3,(H,37,38,40)/t27-,29-,30-,33-/m1/s1. The molecule has 0 amide bonds. The number of fused-ring (bicyclic) bond motifs is 1. The van der Waals surface area contributed by atoms with Crippen molar-refractivity contribution in [2.24, 2.45) is 5.41 Å². The normalized spacial score (nSPS) is 19.7. The van der Waals surface area contributed by atoms with Gasteiger partial charge in [-0.05, 0) is 49.6 Å². The predicted molar refractivity (Wildman–Crippen MR) is 177 cm³/mol. The average molecular weight is 654 g/mol. The zero-order valence-corrected chi connectivity index (χ0v) is 27.2. The summed E-state index contributed by atoms with van der Waals surface area (Å²) in [5.74, 6) is 0.709. The molecular weight excluding hydrogens is 614 g/mol. The maximum Gasteiger partial charge on any atom is 0.313 e. The average Bonchev–Trinajstić information content (AvgIpc) is 3.68. The van der Waals surface area contributed by atoms with Crippen LogP contribution in [-0.2, 0) is 24.5 Å². The van der Waals surface area contributed by atoms with Crippen LogP contribution in [0.1, 0.15) is 43.7 Å². The number of nitrogens with one attached hydrogen (secondary N) is 1. The molecule has 6 rings (SSSR count). The van der Waals surface area contributed by atoms with Crippen molar-refractivity contribution in [2.75, 3.05) is 25.8 Å². The van der Waals surface area contributed by atoms with Crippen LogP contribution in [0, 0.1) is 5.41 Å². The molecule has 1 fully saturated rings. The molecule has 0 unspecified atom stereocenters. The van der Waals surface area contributed by atoms with Gasteiger partial charge in [-0.1, -0.05) is 72.8 Å². The van der Waals surface area contributed by atoms with Gasteiger partial charge in [-0.15, -0.1) is 0 Å². The van der Waals surface area contributed by atoms with Crippen molar-refractivity contribution < 1.29 is 34.0 Å². The van der Waals surface area contributed by atoms with Gasteiger partial charge in [0.05, 0.1) is 25.5 Å². The SMILES string of the molecule is COc1ccc(C(Nc2ncnc3c2ncn3[C@@H]2O[C@H](CO)[C@@H](OCOC(=O)C(C)(C)C)[C@H]2O)(c2ccccc2)c2ccccc2)cc1. The molecule has 0 spiro atoms. The Morgan fingerprint density at radius 3 is 2.12 bits per heavy atom. The maximum absolute atomic E-state index is 12.2. The van der Waals surface area contributed by atoms with Gasteiger partial charge in [-0.2, -0.15) is 0 Å². The molecule has 0 aliphatic carbocycles. The lowest BCUT2D eigenvalue weighted by atomic mass is 9.77. The summed E-state index contributed by atoms with van der Waals surface area (Å²) in [5.41, 5.74) is 2.02. The van der Waals surface area contributed by atoms with Gasteiger partial charge in [0.15, 0.2) is 30.0 Å². The maximum atomic E-state index is 12.2. The lowest BCUT2D eigenvalue weighted by Gasteiger charge is -2.37. The molecule has 1 aliphatic heterocycles. The van der Waals surface area contributed by atoms with Gasteiger partial charge in [0.2, 0.25) is 0 Å². The molecule has 1 saturated heterocycles. The second kappa shape index (κ2) is 13.7. The molecule has 0 saturated carbocycles. The minimum Gasteiger partial charge on any atom is -0.497 e. The highest BCUT2D eigenvalue weighted by Gasteiger charge is 2.46. The fourth-order valence-corrected chi connectivity index (χ4v) is 5.93. The van der Waals surface area contributed by atoms with E-state index in [1.165, 1.54) is 12.7 Å². The number of rotatable bonds is 11. The quantitative estimate of drug-likeness (QED) is 0.106. The molecule has 5 aromatic rings. The van der Waals surface area contributed by atoms with E-state index in [9.17, 15) is 15.0 Å². The molecule has 1 aliphatic rings. The summed E-state index contributed by atoms with van der Waals surface area (Å²) in [6.45, 7) is 4.35. The highest BCUT2D eigenvalue weighted by molar-refractivity contribution is 5.84. The molecule has 12 nitrogen and oxygen atoms in total. The monoisotopic (exact) mass is 653 g/mol. The van der Waals surface area contributed by atoms with E-state index < -0.39 is 54.9 Å². The first-order valence-electron chi connectivity index (χ1n) is 15.6. The van der Waals surface area contributed by atoms with Crippen LogP contribution in [-0.4, -0.2) is 74.5 Å². The Hall–Kier alpha value is -4.88. The second-order valence-electron chi connectivity index (χ2n) is 12.6. The minimum atomic E-state index is -1.24. The number of hydrogen-bond acceptors (Lipinski definition) is 11. The van der Waals surface area contributed by atoms with Crippen LogP contribution >= 0.6 is 0 Å². The van der Waals surface area contributed by atoms with Crippen molar-refractivity contribution in [1.82, 2.24) is 19.5 Å². The van der Waals surface area contributed by atoms with Gasteiger partial charge in [0, 0.05) is 0 Å². The summed E-state index contributed by atoms with van der Waals surface area (Å²) in [7, 11) is 1.63. The number of carbonyl (C=O) groups excluding carboxylic acids is 1. The molecule has 0 radical (unpaired) electrons. The van der Waals surface area contributed by atoms with E-state index in [0.717, 1.165) is 22.4 Å². The zero-order valence-electron chi connectivity index (χ0n) is 27.2. The number of anilines is 1. The number of aromatic nitrogens is 4. The number of imidazole rings is 1. The number of carbonyl (C=O) groups is 1. The van der Waals surface area contributed by atoms with Crippen molar-refractivity contribution >= 4 is 23.0 Å². The molecular formula is C36H39N5O7. The van der Waals surface area contributed by atoms with E-state index in [0.29, 0.717) is 17.0 Å². The van der Waals surface area contributed by atoms with Gasteiger partial charge < -0.3 is 34.5 Å². The Labute approximate surface area is 278 Å². The Morgan fingerprint density at radius 2 is 1.54 bits per heavy atom. The number of aliphatic hydroxyl groups is 2. The lowest BCUT2D eigenvalue weighted by molar-refractivity contribution is -0.177. The fourth-order valence-electron chi connectivity index (χ4n) is 5.93. The third-order valence-electron chi connectivity index (χ3n) is 8.43. The number of nitrogens with zero attached hydrogens (tertiary/aromatic N) is 4. The molecule has 2 aromatic heterocycles. The van der Waals surface area contributed by atoms with Crippen LogP contribution < -0.4 is 10.1 Å². The second-order valence-corrected chi connectivity index (χ2v) is 12.6. The fraction of sp³-hybridized carbons (Fsp3) is 0.333. The number of benzene rings is 3. The molecule has 3 aromatic carbocycles. The van der Waals surface area contributed by atoms with Crippen molar-refractivity contribution in [3.8, 4) is 5.75 Å². The Balaban J connectivity index is 1.38. The summed E-state index contributed by atoms with van der Waals surface area (Å²) in [6.07, 6.45) is -1.20. The van der Waals surface area contributed by atoms with Crippen LogP contribution in [0.5, 0.6) is 5.75 Å². The smallest absolute Gasteiger partial charge is 0.313 e. The van der Waals surface area contributed by atoms with Crippen molar-refractivity contribution in [2.45, 2.75) is 50.8 Å². The molecule has 250 valence electrons. The van der Waals surface area contributed by atoms with E-state index in [2.05, 4.69) is 44.5 Å². The summed E-state index contributed by atoms with van der Waals surface area (Å²) in [4.78, 5) is 26.0. The van der Waals surface area contributed by atoms with E-state index in [-0.39, 0.29) is 0 Å². The topological polar surface area (TPSA) is 150 Å². The van der Waals surface area contributed by atoms with Gasteiger partial charge in [-0.3, -0.25) is 9.36 Å². The van der Waals surface area contributed by atoms with E-state index >= 15 is 0 Å². The Morgan fingerprint density at radius 1 is 0.917 bits per heavy atom. The van der Waals surface area contributed by atoms with Crippen LogP contribution in [0.25, 0.3) is 11.2 Å². The first kappa shape index (κ1) is 33.0. The lowest BCUT2D eigenvalue weighted by Crippen LogP contribution is -2.38. The van der Waals surface area contributed by atoms with Crippen LogP contribution in [0.3, 0.4) is 0 Å². The summed E-state index contributed by atoms with van der Waals surface area (Å²) >= 11 is 0. The van der Waals surface area contributed by atoms with Crippen molar-refractivity contribution in [3.63, 3.8) is 0 Å². The van der Waals surface area contributed by atoms with Gasteiger partial charge in [-0.25, -0.2) is 15.0 Å². The third-order valence-corrected chi connectivity index (χ3v) is 8.43.